The lowest BCUT2D eigenvalue weighted by molar-refractivity contribution is -0.134. The smallest absolute Gasteiger partial charge is 0.328 e. The van der Waals surface area contributed by atoms with E-state index in [0.717, 1.165) is 34.4 Å². The first kappa shape index (κ1) is 15.1. The molecular formula is C14H17NO3S2. The van der Waals surface area contributed by atoms with Crippen molar-refractivity contribution in [2.75, 3.05) is 18.6 Å². The predicted molar refractivity (Wildman–Crippen MR) is 82.9 cm³/mol. The van der Waals surface area contributed by atoms with Crippen LogP contribution in [0.4, 0.5) is 0 Å². The van der Waals surface area contributed by atoms with Crippen molar-refractivity contribution in [3.05, 3.63) is 28.0 Å². The van der Waals surface area contributed by atoms with Crippen LogP contribution in [0.15, 0.2) is 17.5 Å². The lowest BCUT2D eigenvalue weighted by Crippen LogP contribution is -2.32. The Morgan fingerprint density at radius 1 is 1.55 bits per heavy atom. The maximum Gasteiger partial charge on any atom is 0.328 e. The number of thiophene rings is 1. The van der Waals surface area contributed by atoms with Crippen LogP contribution < -0.4 is 0 Å². The molecule has 1 atom stereocenters. The van der Waals surface area contributed by atoms with Crippen molar-refractivity contribution in [3.63, 3.8) is 0 Å². The highest BCUT2D eigenvalue weighted by atomic mass is 32.2. The van der Waals surface area contributed by atoms with Crippen LogP contribution in [0.3, 0.4) is 0 Å². The number of nitrogens with zero attached hydrogens (tertiary/aromatic N) is 1. The molecule has 2 heterocycles. The molecule has 1 amide bonds. The fourth-order valence-corrected chi connectivity index (χ4v) is 4.12. The Bertz CT molecular complexity index is 518. The molecule has 0 aliphatic carbocycles. The van der Waals surface area contributed by atoms with E-state index < -0.39 is 5.97 Å². The fourth-order valence-electron chi connectivity index (χ4n) is 2.11. The molecule has 1 aromatic heterocycles. The van der Waals surface area contributed by atoms with Crippen molar-refractivity contribution in [2.24, 2.45) is 5.92 Å². The van der Waals surface area contributed by atoms with Crippen LogP contribution in [0.1, 0.15) is 16.9 Å². The number of amides is 1. The summed E-state index contributed by atoms with van der Waals surface area (Å²) >= 11 is 3.32. The fraction of sp³-hybridized carbons (Fsp3) is 0.429. The number of carbonyl (C=O) groups is 2. The summed E-state index contributed by atoms with van der Waals surface area (Å²) in [5.41, 5.74) is 1.04. The topological polar surface area (TPSA) is 57.6 Å². The molecule has 0 bridgehead atoms. The van der Waals surface area contributed by atoms with Gasteiger partial charge >= 0.3 is 5.97 Å². The van der Waals surface area contributed by atoms with Crippen molar-refractivity contribution in [2.45, 2.75) is 13.0 Å². The van der Waals surface area contributed by atoms with Gasteiger partial charge in [-0.3, -0.25) is 4.79 Å². The summed E-state index contributed by atoms with van der Waals surface area (Å²) in [4.78, 5) is 25.3. The lowest BCUT2D eigenvalue weighted by atomic mass is 10.1. The molecule has 1 saturated heterocycles. The molecular weight excluding hydrogens is 294 g/mol. The maximum atomic E-state index is 12.2. The van der Waals surface area contributed by atoms with Crippen LogP contribution in [0, 0.1) is 5.92 Å². The second-order valence-electron chi connectivity index (χ2n) is 4.78. The van der Waals surface area contributed by atoms with E-state index in [0.29, 0.717) is 6.54 Å². The highest BCUT2D eigenvalue weighted by Crippen LogP contribution is 2.26. The van der Waals surface area contributed by atoms with Gasteiger partial charge in [-0.05, 0) is 35.3 Å². The number of carboxylic acid groups (broad SMARTS) is 1. The standard InChI is InChI=1S/C14H17NO3S2/c1-15(14(18)11-4-5-19-9-11)7-10-6-12(20-8-10)2-3-13(16)17/h2-3,6,8,11H,4-5,7,9H2,1H3,(H,16,17). The van der Waals surface area contributed by atoms with E-state index in [4.69, 9.17) is 5.11 Å². The Kier molecular flexibility index (Phi) is 5.25. The molecule has 6 heteroatoms. The molecule has 1 aromatic rings. The van der Waals surface area contributed by atoms with E-state index in [2.05, 4.69) is 0 Å². The number of thioether (sulfide) groups is 1. The Morgan fingerprint density at radius 2 is 2.35 bits per heavy atom. The summed E-state index contributed by atoms with van der Waals surface area (Å²) in [7, 11) is 1.83. The van der Waals surface area contributed by atoms with Gasteiger partial charge in [0.1, 0.15) is 0 Å². The number of carbonyl (C=O) groups excluding carboxylic acids is 1. The molecule has 1 aliphatic heterocycles. The zero-order valence-electron chi connectivity index (χ0n) is 11.2. The summed E-state index contributed by atoms with van der Waals surface area (Å²) in [5.74, 6) is 1.43. The zero-order chi connectivity index (χ0) is 14.5. The summed E-state index contributed by atoms with van der Waals surface area (Å²) in [5, 5.41) is 10.6. The first-order chi connectivity index (χ1) is 9.56. The Hall–Kier alpha value is -1.27. The second-order valence-corrected chi connectivity index (χ2v) is 6.88. The summed E-state index contributed by atoms with van der Waals surface area (Å²) in [6.45, 7) is 0.581. The van der Waals surface area contributed by atoms with Gasteiger partial charge in [-0.25, -0.2) is 4.79 Å². The van der Waals surface area contributed by atoms with Crippen LogP contribution in [-0.2, 0) is 16.1 Å². The summed E-state index contributed by atoms with van der Waals surface area (Å²) in [6, 6.07) is 1.93. The van der Waals surface area contributed by atoms with Crippen molar-refractivity contribution in [1.82, 2.24) is 4.90 Å². The van der Waals surface area contributed by atoms with E-state index in [-0.39, 0.29) is 11.8 Å². The van der Waals surface area contributed by atoms with Gasteiger partial charge < -0.3 is 10.0 Å². The van der Waals surface area contributed by atoms with Crippen LogP contribution in [0.2, 0.25) is 0 Å². The van der Waals surface area contributed by atoms with Crippen molar-refractivity contribution >= 4 is 41.1 Å². The molecule has 0 spiro atoms. The number of hydrogen-bond acceptors (Lipinski definition) is 4. The Morgan fingerprint density at radius 3 is 3.00 bits per heavy atom. The highest BCUT2D eigenvalue weighted by Gasteiger charge is 2.25. The molecule has 1 aliphatic rings. The molecule has 2 rings (SSSR count). The van der Waals surface area contributed by atoms with Crippen molar-refractivity contribution in [1.29, 1.82) is 0 Å². The van der Waals surface area contributed by atoms with E-state index in [9.17, 15) is 9.59 Å². The van der Waals surface area contributed by atoms with Gasteiger partial charge in [-0.15, -0.1) is 11.3 Å². The van der Waals surface area contributed by atoms with Gasteiger partial charge in [0.15, 0.2) is 0 Å². The average molecular weight is 311 g/mol. The van der Waals surface area contributed by atoms with Gasteiger partial charge in [-0.2, -0.15) is 11.8 Å². The van der Waals surface area contributed by atoms with E-state index in [1.807, 2.05) is 30.3 Å². The third-order valence-electron chi connectivity index (χ3n) is 3.14. The Balaban J connectivity index is 1.92. The van der Waals surface area contributed by atoms with Gasteiger partial charge in [0.2, 0.25) is 5.91 Å². The van der Waals surface area contributed by atoms with E-state index >= 15 is 0 Å². The quantitative estimate of drug-likeness (QED) is 0.849. The SMILES string of the molecule is CN(Cc1csc(C=CC(=O)O)c1)C(=O)C1CCSC1. The molecule has 4 nitrogen and oxygen atoms in total. The second kappa shape index (κ2) is 6.95. The van der Waals surface area contributed by atoms with Gasteiger partial charge in [0, 0.05) is 36.2 Å². The number of carboxylic acids is 1. The number of hydrogen-bond donors (Lipinski definition) is 1. The molecule has 1 N–H and O–H groups in total. The van der Waals surface area contributed by atoms with Crippen molar-refractivity contribution < 1.29 is 14.7 Å². The van der Waals surface area contributed by atoms with Crippen LogP contribution in [0.25, 0.3) is 6.08 Å². The molecule has 20 heavy (non-hydrogen) atoms. The largest absolute Gasteiger partial charge is 0.478 e. The zero-order valence-corrected chi connectivity index (χ0v) is 12.9. The Labute approximate surface area is 126 Å². The number of rotatable bonds is 5. The van der Waals surface area contributed by atoms with E-state index in [1.54, 1.807) is 11.0 Å². The predicted octanol–water partition coefficient (Wildman–Crippen LogP) is 2.56. The molecule has 0 aromatic carbocycles. The molecule has 1 fully saturated rings. The monoisotopic (exact) mass is 311 g/mol. The minimum Gasteiger partial charge on any atom is -0.478 e. The molecule has 1 unspecified atom stereocenters. The average Bonchev–Trinajstić information content (AvgIpc) is 3.06. The highest BCUT2D eigenvalue weighted by molar-refractivity contribution is 7.99. The minimum atomic E-state index is -0.953. The summed E-state index contributed by atoms with van der Waals surface area (Å²) in [6.07, 6.45) is 3.68. The van der Waals surface area contributed by atoms with Crippen molar-refractivity contribution in [3.8, 4) is 0 Å². The number of aliphatic carboxylic acids is 1. The van der Waals surface area contributed by atoms with E-state index in [1.165, 1.54) is 11.3 Å². The third-order valence-corrected chi connectivity index (χ3v) is 5.25. The molecule has 0 radical (unpaired) electrons. The van der Waals surface area contributed by atoms with Gasteiger partial charge in [0.05, 0.1) is 0 Å². The van der Waals surface area contributed by atoms with Crippen LogP contribution in [-0.4, -0.2) is 40.4 Å². The minimum absolute atomic E-state index is 0.162. The van der Waals surface area contributed by atoms with Gasteiger partial charge in [0.25, 0.3) is 0 Å². The normalized spacial score (nSPS) is 18.6. The molecule has 0 saturated carbocycles. The van der Waals surface area contributed by atoms with Crippen LogP contribution >= 0.6 is 23.1 Å². The first-order valence-electron chi connectivity index (χ1n) is 6.37. The van der Waals surface area contributed by atoms with Crippen LogP contribution in [0.5, 0.6) is 0 Å². The van der Waals surface area contributed by atoms with Gasteiger partial charge in [-0.1, -0.05) is 0 Å². The first-order valence-corrected chi connectivity index (χ1v) is 8.41. The lowest BCUT2D eigenvalue weighted by Gasteiger charge is -2.20. The molecule has 108 valence electrons. The summed E-state index contributed by atoms with van der Waals surface area (Å²) < 4.78 is 0. The third kappa shape index (κ3) is 4.11. The maximum absolute atomic E-state index is 12.2.